The van der Waals surface area contributed by atoms with Crippen LogP contribution < -0.4 is 0 Å². The summed E-state index contributed by atoms with van der Waals surface area (Å²) in [5, 5.41) is 7.66. The van der Waals surface area contributed by atoms with Gasteiger partial charge in [-0.1, -0.05) is 0 Å². The fraction of sp³-hybridized carbons (Fsp3) is 0.286. The number of carbonyl (C=O) groups is 1. The van der Waals surface area contributed by atoms with Gasteiger partial charge < -0.3 is 5.11 Å². The van der Waals surface area contributed by atoms with E-state index < -0.39 is 41.4 Å². The molecule has 0 saturated carbocycles. The predicted molar refractivity (Wildman–Crippen MR) is 37.1 cm³/mol. The Kier molecular flexibility index (Phi) is 4.44. The predicted octanol–water partition coefficient (Wildman–Crippen LogP) is 3.57. The maximum absolute atomic E-state index is 12.5. The number of aliphatic carboxylic acids is 1. The molecule has 0 aliphatic rings. The molecule has 0 aromatic heterocycles. The second-order valence-electron chi connectivity index (χ2n) is 2.66. The number of hydrogen-bond acceptors (Lipinski definition) is 1. The number of carboxylic acids is 1. The van der Waals surface area contributed by atoms with Crippen LogP contribution >= 0.6 is 0 Å². The van der Waals surface area contributed by atoms with Gasteiger partial charge in [0.2, 0.25) is 17.5 Å². The fourth-order valence-corrected chi connectivity index (χ4v) is 0.589. The lowest BCUT2D eigenvalue weighted by molar-refractivity contribution is -0.216. The molecule has 0 saturated heterocycles. The second-order valence-corrected chi connectivity index (χ2v) is 2.66. The number of alkyl halides is 4. The number of rotatable bonds is 4. The highest BCUT2D eigenvalue weighted by molar-refractivity contribution is 5.77. The third kappa shape index (κ3) is 2.59. The molecular weight excluding hydrogens is 287 g/mol. The summed E-state index contributed by atoms with van der Waals surface area (Å²) in [5.41, 5.74) is 0. The van der Waals surface area contributed by atoms with Gasteiger partial charge in [0.1, 0.15) is 0 Å². The van der Waals surface area contributed by atoms with Crippen molar-refractivity contribution in [2.24, 2.45) is 0 Å². The zero-order valence-electron chi connectivity index (χ0n) is 7.76. The molecule has 0 fully saturated rings. The van der Waals surface area contributed by atoms with Gasteiger partial charge in [-0.05, 0) is 0 Å². The minimum atomic E-state index is -6.34. The van der Waals surface area contributed by atoms with Gasteiger partial charge in [0.15, 0.2) is 0 Å². The van der Waals surface area contributed by atoms with Crippen LogP contribution in [0.1, 0.15) is 0 Å². The first-order valence-electron chi connectivity index (χ1n) is 3.63. The standard InChI is InChI=1S/C7HF9O2/c8-1(2(9)4(11)12)3(10)6(13,14)7(15,16)5(17)18/h(H,17,18). The molecule has 0 aliphatic heterocycles. The first-order chi connectivity index (χ1) is 7.87. The maximum Gasteiger partial charge on any atom is 0.411 e. The van der Waals surface area contributed by atoms with Crippen LogP contribution in [0.25, 0.3) is 0 Å². The summed E-state index contributed by atoms with van der Waals surface area (Å²) in [4.78, 5) is 9.70. The number of halogens is 9. The Hall–Kier alpha value is -1.68. The number of hydrogen-bond donors (Lipinski definition) is 1. The summed E-state index contributed by atoms with van der Waals surface area (Å²) in [7, 11) is 0. The second kappa shape index (κ2) is 4.90. The molecule has 0 aromatic rings. The van der Waals surface area contributed by atoms with E-state index in [0.29, 0.717) is 0 Å². The van der Waals surface area contributed by atoms with Gasteiger partial charge in [0, 0.05) is 0 Å². The Morgan fingerprint density at radius 2 is 1.17 bits per heavy atom. The molecule has 0 spiro atoms. The van der Waals surface area contributed by atoms with Crippen LogP contribution in [0.15, 0.2) is 23.6 Å². The van der Waals surface area contributed by atoms with Crippen LogP contribution in [-0.2, 0) is 4.79 Å². The first-order valence-corrected chi connectivity index (χ1v) is 3.63. The van der Waals surface area contributed by atoms with Gasteiger partial charge in [-0.15, -0.1) is 0 Å². The third-order valence-corrected chi connectivity index (χ3v) is 1.49. The quantitative estimate of drug-likeness (QED) is 0.634. The topological polar surface area (TPSA) is 37.3 Å². The number of carboxylic acid groups (broad SMARTS) is 1. The van der Waals surface area contributed by atoms with Crippen LogP contribution in [0.2, 0.25) is 0 Å². The highest BCUT2D eigenvalue weighted by Gasteiger charge is 2.66. The molecule has 0 aromatic carbocycles. The zero-order valence-corrected chi connectivity index (χ0v) is 7.76. The van der Waals surface area contributed by atoms with Crippen molar-refractivity contribution >= 4 is 5.97 Å². The van der Waals surface area contributed by atoms with Crippen molar-refractivity contribution in [2.75, 3.05) is 0 Å². The number of allylic oxidation sites excluding steroid dienone is 3. The normalized spacial score (nSPS) is 14.1. The van der Waals surface area contributed by atoms with Gasteiger partial charge in [-0.2, -0.15) is 30.7 Å². The van der Waals surface area contributed by atoms with Crippen molar-refractivity contribution in [3.63, 3.8) is 0 Å². The van der Waals surface area contributed by atoms with E-state index in [1.54, 1.807) is 0 Å². The van der Waals surface area contributed by atoms with E-state index in [9.17, 15) is 44.3 Å². The molecule has 0 unspecified atom stereocenters. The van der Waals surface area contributed by atoms with Gasteiger partial charge in [-0.3, -0.25) is 0 Å². The van der Waals surface area contributed by atoms with Crippen molar-refractivity contribution in [3.05, 3.63) is 23.6 Å². The molecule has 1 N–H and O–H groups in total. The lowest BCUT2D eigenvalue weighted by atomic mass is 10.1. The molecule has 104 valence electrons. The largest absolute Gasteiger partial charge is 0.477 e. The molecular formula is C7HF9O2. The molecule has 0 rings (SSSR count). The van der Waals surface area contributed by atoms with Gasteiger partial charge >= 0.3 is 23.9 Å². The smallest absolute Gasteiger partial charge is 0.411 e. The van der Waals surface area contributed by atoms with Crippen LogP contribution in [-0.4, -0.2) is 22.9 Å². The minimum absolute atomic E-state index is 3.44. The molecule has 0 bridgehead atoms. The molecule has 0 heterocycles. The van der Waals surface area contributed by atoms with E-state index in [1.165, 1.54) is 0 Å². The van der Waals surface area contributed by atoms with E-state index in [1.807, 2.05) is 0 Å². The van der Waals surface area contributed by atoms with Crippen molar-refractivity contribution < 1.29 is 49.4 Å². The summed E-state index contributed by atoms with van der Waals surface area (Å²) in [5.74, 6) is -27.0. The van der Waals surface area contributed by atoms with Crippen molar-refractivity contribution in [1.82, 2.24) is 0 Å². The molecule has 0 amide bonds. The summed E-state index contributed by atoms with van der Waals surface area (Å²) in [6, 6.07) is 0. The van der Waals surface area contributed by atoms with Crippen LogP contribution in [0.5, 0.6) is 0 Å². The Balaban J connectivity index is 5.86. The average molecular weight is 288 g/mol. The zero-order chi connectivity index (χ0) is 14.9. The summed E-state index contributed by atoms with van der Waals surface area (Å²) < 4.78 is 109. The highest BCUT2D eigenvalue weighted by Crippen LogP contribution is 2.43. The van der Waals surface area contributed by atoms with Gasteiger partial charge in [0.05, 0.1) is 0 Å². The van der Waals surface area contributed by atoms with E-state index in [2.05, 4.69) is 0 Å². The van der Waals surface area contributed by atoms with Crippen LogP contribution in [0, 0.1) is 0 Å². The Labute approximate surface area is 92.0 Å². The van der Waals surface area contributed by atoms with Gasteiger partial charge in [0.25, 0.3) is 0 Å². The SMILES string of the molecule is O=C(O)C(F)(F)C(F)(F)C(F)=C(F)C(F)=C(F)F. The van der Waals surface area contributed by atoms with Crippen molar-refractivity contribution in [1.29, 1.82) is 0 Å². The minimum Gasteiger partial charge on any atom is -0.477 e. The lowest BCUT2D eigenvalue weighted by Crippen LogP contribution is -2.47. The molecule has 11 heteroatoms. The van der Waals surface area contributed by atoms with Crippen LogP contribution in [0.4, 0.5) is 39.5 Å². The monoisotopic (exact) mass is 288 g/mol. The molecule has 18 heavy (non-hydrogen) atoms. The first kappa shape index (κ1) is 16.3. The summed E-state index contributed by atoms with van der Waals surface area (Å²) >= 11 is 0. The molecule has 0 atom stereocenters. The molecule has 2 nitrogen and oxygen atoms in total. The molecule has 0 aliphatic carbocycles. The fourth-order valence-electron chi connectivity index (χ4n) is 0.589. The Bertz CT molecular complexity index is 419. The van der Waals surface area contributed by atoms with Crippen molar-refractivity contribution in [3.8, 4) is 0 Å². The van der Waals surface area contributed by atoms with Crippen molar-refractivity contribution in [2.45, 2.75) is 11.8 Å². The van der Waals surface area contributed by atoms with E-state index in [4.69, 9.17) is 5.11 Å². The Morgan fingerprint density at radius 1 is 0.778 bits per heavy atom. The van der Waals surface area contributed by atoms with Gasteiger partial charge in [-0.25, -0.2) is 13.6 Å². The van der Waals surface area contributed by atoms with E-state index >= 15 is 0 Å². The summed E-state index contributed by atoms with van der Waals surface area (Å²) in [6.07, 6.45) is -3.59. The van der Waals surface area contributed by atoms with E-state index in [0.717, 1.165) is 0 Å². The Morgan fingerprint density at radius 3 is 1.44 bits per heavy atom. The maximum atomic E-state index is 12.5. The van der Waals surface area contributed by atoms with E-state index in [-0.39, 0.29) is 0 Å². The molecule has 0 radical (unpaired) electrons. The lowest BCUT2D eigenvalue weighted by Gasteiger charge is -2.21. The third-order valence-electron chi connectivity index (χ3n) is 1.49. The summed E-state index contributed by atoms with van der Waals surface area (Å²) in [6.45, 7) is 0. The highest BCUT2D eigenvalue weighted by atomic mass is 19.3. The average Bonchev–Trinajstić information content (AvgIpc) is 2.25. The van der Waals surface area contributed by atoms with Crippen LogP contribution in [0.3, 0.4) is 0 Å².